The van der Waals surface area contributed by atoms with Crippen molar-refractivity contribution in [3.05, 3.63) is 0 Å². The highest BCUT2D eigenvalue weighted by atomic mass is 16.5. The first-order chi connectivity index (χ1) is 16.9. The second-order valence-electron chi connectivity index (χ2n) is 8.95. The predicted molar refractivity (Wildman–Crippen MR) is 141 cm³/mol. The lowest BCUT2D eigenvalue weighted by atomic mass is 10.1. The molecular weight excluding hydrogens is 448 g/mol. The fourth-order valence-corrected chi connectivity index (χ4v) is 3.02. The molecule has 0 rings (SSSR count). The van der Waals surface area contributed by atoms with Crippen molar-refractivity contribution >= 4 is 17.6 Å². The molecule has 0 radical (unpaired) electrons. The molecule has 208 valence electrons. The third kappa shape index (κ3) is 32.5. The summed E-state index contributed by atoms with van der Waals surface area (Å²) in [5.74, 6) is 0.249. The Hall–Kier alpha value is -1.51. The van der Waals surface area contributed by atoms with Crippen LogP contribution in [0.25, 0.3) is 0 Å². The van der Waals surface area contributed by atoms with Gasteiger partial charge in [0, 0.05) is 44.9 Å². The molecule has 0 aliphatic heterocycles. The van der Waals surface area contributed by atoms with Crippen LogP contribution >= 0.6 is 0 Å². The van der Waals surface area contributed by atoms with Gasteiger partial charge in [-0.1, -0.05) is 52.9 Å². The lowest BCUT2D eigenvalue weighted by Gasteiger charge is -2.17. The normalized spacial score (nSPS) is 11.4. The third-order valence-electron chi connectivity index (χ3n) is 5.15. The Morgan fingerprint density at radius 1 is 0.714 bits per heavy atom. The van der Waals surface area contributed by atoms with Crippen molar-refractivity contribution in [2.75, 3.05) is 46.2 Å². The van der Waals surface area contributed by atoms with Gasteiger partial charge in [0.15, 0.2) is 0 Å². The van der Waals surface area contributed by atoms with Gasteiger partial charge < -0.3 is 25.3 Å². The van der Waals surface area contributed by atoms with Gasteiger partial charge in [0.25, 0.3) is 0 Å². The van der Waals surface area contributed by atoms with Crippen molar-refractivity contribution in [1.82, 2.24) is 5.32 Å². The van der Waals surface area contributed by atoms with Gasteiger partial charge in [0.1, 0.15) is 5.78 Å². The number of primary amides is 1. The number of amides is 2. The summed E-state index contributed by atoms with van der Waals surface area (Å²) in [6, 6.07) is 0. The number of carbonyl (C=O) groups is 3. The Bertz CT molecular complexity index is 502. The van der Waals surface area contributed by atoms with E-state index in [4.69, 9.17) is 19.9 Å². The Kier molecular flexibility index (Phi) is 29.3. The molecule has 0 aliphatic rings. The summed E-state index contributed by atoms with van der Waals surface area (Å²) in [6.07, 6.45) is 11.4. The Balaban J connectivity index is 0. The molecule has 0 saturated heterocycles. The van der Waals surface area contributed by atoms with Crippen LogP contribution in [-0.4, -0.2) is 63.8 Å². The number of rotatable bonds is 24. The smallest absolute Gasteiger partial charge is 0.222 e. The zero-order chi connectivity index (χ0) is 26.6. The van der Waals surface area contributed by atoms with E-state index in [0.29, 0.717) is 58.8 Å². The second-order valence-corrected chi connectivity index (χ2v) is 8.95. The van der Waals surface area contributed by atoms with E-state index in [-0.39, 0.29) is 23.5 Å². The largest absolute Gasteiger partial charge is 0.381 e. The average Bonchev–Trinajstić information content (AvgIpc) is 2.82. The van der Waals surface area contributed by atoms with Crippen molar-refractivity contribution < 1.29 is 28.6 Å². The molecule has 0 heterocycles. The molecule has 0 fully saturated rings. The van der Waals surface area contributed by atoms with Crippen LogP contribution in [0.3, 0.4) is 0 Å². The Morgan fingerprint density at radius 3 is 1.94 bits per heavy atom. The van der Waals surface area contributed by atoms with E-state index in [0.717, 1.165) is 38.7 Å². The number of Topliss-reactive ketones (excluding diaryl/α,β-unsaturated/α-hetero) is 1. The maximum absolute atomic E-state index is 11.5. The minimum Gasteiger partial charge on any atom is -0.381 e. The highest BCUT2D eigenvalue weighted by Crippen LogP contribution is 2.07. The molecule has 1 atom stereocenters. The molecule has 0 saturated carbocycles. The molecule has 2 amide bonds. The number of ketones is 1. The van der Waals surface area contributed by atoms with Crippen LogP contribution in [0.4, 0.5) is 0 Å². The van der Waals surface area contributed by atoms with Crippen LogP contribution in [0.15, 0.2) is 0 Å². The van der Waals surface area contributed by atoms with Crippen LogP contribution < -0.4 is 11.1 Å². The fraction of sp³-hybridized carbons (Fsp3) is 0.889. The van der Waals surface area contributed by atoms with Crippen molar-refractivity contribution in [2.24, 2.45) is 11.7 Å². The summed E-state index contributed by atoms with van der Waals surface area (Å²) in [7, 11) is 0. The topological polar surface area (TPSA) is 117 Å². The molecule has 0 aromatic heterocycles. The molecule has 0 aliphatic carbocycles. The van der Waals surface area contributed by atoms with E-state index in [1.54, 1.807) is 6.92 Å². The van der Waals surface area contributed by atoms with Gasteiger partial charge in [-0.3, -0.25) is 14.4 Å². The summed E-state index contributed by atoms with van der Waals surface area (Å²) >= 11 is 0. The fourth-order valence-electron chi connectivity index (χ4n) is 3.02. The van der Waals surface area contributed by atoms with Crippen molar-refractivity contribution in [3.8, 4) is 0 Å². The van der Waals surface area contributed by atoms with E-state index in [1.807, 2.05) is 6.92 Å². The first-order valence-electron chi connectivity index (χ1n) is 13.6. The highest BCUT2D eigenvalue weighted by molar-refractivity contribution is 5.76. The van der Waals surface area contributed by atoms with Crippen LogP contribution in [0, 0.1) is 5.92 Å². The van der Waals surface area contributed by atoms with E-state index < -0.39 is 0 Å². The van der Waals surface area contributed by atoms with Gasteiger partial charge in [-0.15, -0.1) is 0 Å². The number of unbranched alkanes of at least 4 members (excludes halogenated alkanes) is 5. The van der Waals surface area contributed by atoms with Gasteiger partial charge in [-0.05, 0) is 32.6 Å². The van der Waals surface area contributed by atoms with Gasteiger partial charge in [-0.2, -0.15) is 0 Å². The minimum atomic E-state index is -0.166. The molecule has 0 aromatic carbocycles. The number of hydrogen-bond acceptors (Lipinski definition) is 6. The van der Waals surface area contributed by atoms with Gasteiger partial charge >= 0.3 is 0 Å². The number of nitrogens with two attached hydrogens (primary N) is 1. The monoisotopic (exact) mass is 502 g/mol. The maximum atomic E-state index is 11.5. The van der Waals surface area contributed by atoms with Gasteiger partial charge in [0.2, 0.25) is 11.8 Å². The molecule has 8 nitrogen and oxygen atoms in total. The summed E-state index contributed by atoms with van der Waals surface area (Å²) in [6.45, 7) is 12.0. The number of ether oxygens (including phenoxy) is 3. The highest BCUT2D eigenvalue weighted by Gasteiger charge is 2.10. The van der Waals surface area contributed by atoms with Gasteiger partial charge in [-0.25, -0.2) is 0 Å². The molecule has 0 bridgehead atoms. The summed E-state index contributed by atoms with van der Waals surface area (Å²) in [5.41, 5.74) is 4.99. The number of hydrogen-bond donors (Lipinski definition) is 2. The second kappa shape index (κ2) is 28.7. The standard InChI is InChI=1S/C18H35NO5.C9H19NO/c1-4-9-19-18(21)8-13-24-15-17(14-23-10-5-2)7-12-22-11-6-16(3)20;1-2-3-4-5-6-7-8-9(10)11/h17H,4-15H2,1-3H3,(H,19,21);2-8H2,1H3,(H2,10,11). The molecular formula is C27H54N2O6. The summed E-state index contributed by atoms with van der Waals surface area (Å²) in [5, 5.41) is 2.83. The number of nitrogens with one attached hydrogen (secondary N) is 1. The molecule has 0 spiro atoms. The molecule has 35 heavy (non-hydrogen) atoms. The van der Waals surface area contributed by atoms with Crippen LogP contribution in [0.2, 0.25) is 0 Å². The van der Waals surface area contributed by atoms with E-state index in [9.17, 15) is 14.4 Å². The quantitative estimate of drug-likeness (QED) is 0.187. The summed E-state index contributed by atoms with van der Waals surface area (Å²) < 4.78 is 16.7. The Labute approximate surface area is 214 Å². The van der Waals surface area contributed by atoms with E-state index in [1.165, 1.54) is 25.7 Å². The van der Waals surface area contributed by atoms with Crippen molar-refractivity contribution in [1.29, 1.82) is 0 Å². The van der Waals surface area contributed by atoms with Crippen LogP contribution in [0.1, 0.15) is 105 Å². The molecule has 3 N–H and O–H groups in total. The zero-order valence-corrected chi connectivity index (χ0v) is 23.0. The number of carbonyl (C=O) groups excluding carboxylic acids is 3. The summed E-state index contributed by atoms with van der Waals surface area (Å²) in [4.78, 5) is 32.7. The van der Waals surface area contributed by atoms with E-state index >= 15 is 0 Å². The lowest BCUT2D eigenvalue weighted by Crippen LogP contribution is -2.26. The molecule has 0 aromatic rings. The molecule has 8 heteroatoms. The lowest BCUT2D eigenvalue weighted by molar-refractivity contribution is -0.122. The molecule has 1 unspecified atom stereocenters. The first-order valence-corrected chi connectivity index (χ1v) is 13.6. The van der Waals surface area contributed by atoms with Gasteiger partial charge in [0.05, 0.1) is 26.4 Å². The van der Waals surface area contributed by atoms with Crippen molar-refractivity contribution in [3.63, 3.8) is 0 Å². The van der Waals surface area contributed by atoms with Crippen LogP contribution in [-0.2, 0) is 28.6 Å². The predicted octanol–water partition coefficient (Wildman–Crippen LogP) is 4.57. The zero-order valence-electron chi connectivity index (χ0n) is 23.0. The third-order valence-corrected chi connectivity index (χ3v) is 5.15. The first kappa shape index (κ1) is 35.7. The minimum absolute atomic E-state index is 0.0307. The maximum Gasteiger partial charge on any atom is 0.222 e. The Morgan fingerprint density at radius 2 is 1.34 bits per heavy atom. The van der Waals surface area contributed by atoms with Crippen molar-refractivity contribution in [2.45, 2.75) is 105 Å². The SMILES string of the molecule is CCCCCCCCC(N)=O.CCCNC(=O)CCOCC(CCOCCC(C)=O)COCCC. The van der Waals surface area contributed by atoms with E-state index in [2.05, 4.69) is 19.2 Å². The average molecular weight is 503 g/mol. The van der Waals surface area contributed by atoms with Crippen LogP contribution in [0.5, 0.6) is 0 Å².